The quantitative estimate of drug-likeness (QED) is 0.694. The van der Waals surface area contributed by atoms with Crippen LogP contribution in [0.3, 0.4) is 0 Å². The third-order valence-electron chi connectivity index (χ3n) is 3.13. The van der Waals surface area contributed by atoms with Crippen LogP contribution in [0.25, 0.3) is 0 Å². The van der Waals surface area contributed by atoms with Gasteiger partial charge in [-0.25, -0.2) is 0 Å². The van der Waals surface area contributed by atoms with Crippen LogP contribution in [0.4, 0.5) is 0 Å². The second kappa shape index (κ2) is 7.28. The second-order valence-electron chi connectivity index (χ2n) is 4.84. The molecule has 0 atom stereocenters. The molecule has 96 valence electrons. The van der Waals surface area contributed by atoms with E-state index in [1.807, 2.05) is 6.08 Å². The summed E-state index contributed by atoms with van der Waals surface area (Å²) in [5.41, 5.74) is 7.74. The van der Waals surface area contributed by atoms with Gasteiger partial charge in [0.25, 0.3) is 0 Å². The van der Waals surface area contributed by atoms with Crippen LogP contribution >= 0.6 is 0 Å². The second-order valence-corrected chi connectivity index (χ2v) is 4.84. The fourth-order valence-corrected chi connectivity index (χ4v) is 1.91. The smallest absolute Gasteiger partial charge is 0.247 e. The van der Waals surface area contributed by atoms with Gasteiger partial charge in [0.05, 0.1) is 0 Å². The highest BCUT2D eigenvalue weighted by Crippen LogP contribution is 2.23. The number of nitrogens with two attached hydrogens (primary N) is 1. The summed E-state index contributed by atoms with van der Waals surface area (Å²) < 4.78 is 0. The average Bonchev–Trinajstić information content (AvgIpc) is 2.34. The maximum absolute atomic E-state index is 11.8. The summed E-state index contributed by atoms with van der Waals surface area (Å²) in [6, 6.07) is 0. The van der Waals surface area contributed by atoms with Gasteiger partial charge in [0.2, 0.25) is 5.91 Å². The number of unbranched alkanes of at least 4 members (excludes halogenated alkanes) is 1. The highest BCUT2D eigenvalue weighted by Gasteiger charge is 2.14. The van der Waals surface area contributed by atoms with Crippen molar-refractivity contribution < 1.29 is 4.79 Å². The predicted molar refractivity (Wildman–Crippen MR) is 71.5 cm³/mol. The summed E-state index contributed by atoms with van der Waals surface area (Å²) in [6.07, 6.45) is 7.88. The number of hydrogen-bond acceptors (Lipinski definition) is 2. The van der Waals surface area contributed by atoms with Crippen LogP contribution in [0.5, 0.6) is 0 Å². The number of carbonyl (C=O) groups excluding carboxylic acids is 1. The minimum absolute atomic E-state index is 0.0843. The van der Waals surface area contributed by atoms with Gasteiger partial charge in [-0.1, -0.05) is 31.6 Å². The largest absolute Gasteiger partial charge is 0.352 e. The SMILES string of the molecule is CC(C)C1=CC=C(C(=O)NCCCCN)CC1. The van der Waals surface area contributed by atoms with Gasteiger partial charge in [-0.15, -0.1) is 0 Å². The molecule has 0 aromatic rings. The zero-order valence-electron chi connectivity index (χ0n) is 11.0. The zero-order valence-corrected chi connectivity index (χ0v) is 11.0. The minimum atomic E-state index is 0.0843. The van der Waals surface area contributed by atoms with Crippen molar-refractivity contribution in [2.45, 2.75) is 39.5 Å². The molecule has 0 unspecified atom stereocenters. The van der Waals surface area contributed by atoms with Gasteiger partial charge < -0.3 is 11.1 Å². The molecule has 0 saturated heterocycles. The molecular weight excluding hydrogens is 212 g/mol. The first-order valence-electron chi connectivity index (χ1n) is 6.53. The number of hydrogen-bond donors (Lipinski definition) is 2. The van der Waals surface area contributed by atoms with E-state index in [9.17, 15) is 4.79 Å². The molecule has 0 bridgehead atoms. The highest BCUT2D eigenvalue weighted by molar-refractivity contribution is 5.93. The van der Waals surface area contributed by atoms with Gasteiger partial charge in [-0.05, 0) is 38.1 Å². The molecule has 1 rings (SSSR count). The lowest BCUT2D eigenvalue weighted by atomic mass is 9.91. The molecule has 0 aromatic heterocycles. The van der Waals surface area contributed by atoms with Crippen LogP contribution in [-0.4, -0.2) is 19.0 Å². The summed E-state index contributed by atoms with van der Waals surface area (Å²) in [7, 11) is 0. The first-order valence-corrected chi connectivity index (χ1v) is 6.53. The van der Waals surface area contributed by atoms with Crippen LogP contribution in [0.2, 0.25) is 0 Å². The van der Waals surface area contributed by atoms with E-state index >= 15 is 0 Å². The maximum Gasteiger partial charge on any atom is 0.247 e. The van der Waals surface area contributed by atoms with Crippen molar-refractivity contribution in [3.05, 3.63) is 23.3 Å². The van der Waals surface area contributed by atoms with E-state index in [0.29, 0.717) is 12.5 Å². The van der Waals surface area contributed by atoms with Crippen LogP contribution < -0.4 is 11.1 Å². The van der Waals surface area contributed by atoms with Gasteiger partial charge in [0, 0.05) is 12.1 Å². The molecule has 0 saturated carbocycles. The summed E-state index contributed by atoms with van der Waals surface area (Å²) in [4.78, 5) is 11.8. The first kappa shape index (κ1) is 14.0. The van der Waals surface area contributed by atoms with E-state index in [1.54, 1.807) is 0 Å². The topological polar surface area (TPSA) is 55.1 Å². The number of rotatable bonds is 6. The van der Waals surface area contributed by atoms with Crippen LogP contribution in [0.1, 0.15) is 39.5 Å². The van der Waals surface area contributed by atoms with Crippen LogP contribution in [0.15, 0.2) is 23.3 Å². The molecule has 0 aromatic carbocycles. The van der Waals surface area contributed by atoms with Crippen molar-refractivity contribution in [3.8, 4) is 0 Å². The Hall–Kier alpha value is -1.09. The summed E-state index contributed by atoms with van der Waals surface area (Å²) in [6.45, 7) is 5.81. The van der Waals surface area contributed by atoms with E-state index in [0.717, 1.165) is 37.8 Å². The molecule has 0 spiro atoms. The molecule has 3 nitrogen and oxygen atoms in total. The van der Waals surface area contributed by atoms with E-state index in [1.165, 1.54) is 5.57 Å². The van der Waals surface area contributed by atoms with Crippen LogP contribution in [0, 0.1) is 5.92 Å². The monoisotopic (exact) mass is 236 g/mol. The van der Waals surface area contributed by atoms with Crippen molar-refractivity contribution in [2.75, 3.05) is 13.1 Å². The predicted octanol–water partition coefficient (Wildman–Crippen LogP) is 2.14. The lowest BCUT2D eigenvalue weighted by Gasteiger charge is -2.17. The fourth-order valence-electron chi connectivity index (χ4n) is 1.91. The molecule has 0 heterocycles. The van der Waals surface area contributed by atoms with Gasteiger partial charge in [0.1, 0.15) is 0 Å². The lowest BCUT2D eigenvalue weighted by molar-refractivity contribution is -0.117. The Balaban J connectivity index is 2.38. The van der Waals surface area contributed by atoms with Crippen molar-refractivity contribution in [2.24, 2.45) is 11.7 Å². The molecule has 0 radical (unpaired) electrons. The molecule has 3 heteroatoms. The lowest BCUT2D eigenvalue weighted by Crippen LogP contribution is -2.27. The molecule has 3 N–H and O–H groups in total. The summed E-state index contributed by atoms with van der Waals surface area (Å²) >= 11 is 0. The normalized spacial score (nSPS) is 15.5. The third-order valence-corrected chi connectivity index (χ3v) is 3.13. The minimum Gasteiger partial charge on any atom is -0.352 e. The molecule has 1 amide bonds. The summed E-state index contributed by atoms with van der Waals surface area (Å²) in [5, 5.41) is 2.94. The van der Waals surface area contributed by atoms with Crippen molar-refractivity contribution in [1.29, 1.82) is 0 Å². The zero-order chi connectivity index (χ0) is 12.7. The van der Waals surface area contributed by atoms with E-state index in [-0.39, 0.29) is 5.91 Å². The molecule has 0 fully saturated rings. The van der Waals surface area contributed by atoms with E-state index in [4.69, 9.17) is 5.73 Å². The average molecular weight is 236 g/mol. The summed E-state index contributed by atoms with van der Waals surface area (Å²) in [5.74, 6) is 0.668. The third kappa shape index (κ3) is 4.73. The standard InChI is InChI=1S/C14H24N2O/c1-11(2)12-5-7-13(8-6-12)14(17)16-10-4-3-9-15/h5,7,11H,3-4,6,8-10,15H2,1-2H3,(H,16,17). The molecule has 1 aliphatic rings. The van der Waals surface area contributed by atoms with Crippen molar-refractivity contribution in [3.63, 3.8) is 0 Å². The van der Waals surface area contributed by atoms with Crippen molar-refractivity contribution in [1.82, 2.24) is 5.32 Å². The van der Waals surface area contributed by atoms with Gasteiger partial charge in [-0.3, -0.25) is 4.79 Å². The fraction of sp³-hybridized carbons (Fsp3) is 0.643. The molecule has 17 heavy (non-hydrogen) atoms. The first-order chi connectivity index (χ1) is 8.15. The number of amides is 1. The van der Waals surface area contributed by atoms with Crippen molar-refractivity contribution >= 4 is 5.91 Å². The Morgan fingerprint density at radius 1 is 1.35 bits per heavy atom. The maximum atomic E-state index is 11.8. The van der Waals surface area contributed by atoms with Crippen LogP contribution in [-0.2, 0) is 4.79 Å². The molecule has 0 aliphatic heterocycles. The Morgan fingerprint density at radius 3 is 2.65 bits per heavy atom. The number of allylic oxidation sites excluding steroid dienone is 3. The highest BCUT2D eigenvalue weighted by atomic mass is 16.1. The van der Waals surface area contributed by atoms with Gasteiger partial charge >= 0.3 is 0 Å². The molecular formula is C14H24N2O. The van der Waals surface area contributed by atoms with E-state index in [2.05, 4.69) is 25.2 Å². The Labute approximate surface area is 104 Å². The Morgan fingerprint density at radius 2 is 2.12 bits per heavy atom. The Kier molecular flexibility index (Phi) is 5.98. The Bertz CT molecular complexity index is 316. The molecule has 1 aliphatic carbocycles. The number of carbonyl (C=O) groups is 1. The van der Waals surface area contributed by atoms with Gasteiger partial charge in [0.15, 0.2) is 0 Å². The number of nitrogens with one attached hydrogen (secondary N) is 1. The van der Waals surface area contributed by atoms with Gasteiger partial charge in [-0.2, -0.15) is 0 Å². The van der Waals surface area contributed by atoms with E-state index < -0.39 is 0 Å².